The Morgan fingerprint density at radius 3 is 2.07 bits per heavy atom. The molecular weight excluding hydrogens is 178 g/mol. The molecule has 1 amide bonds. The zero-order chi connectivity index (χ0) is 10.0. The van der Waals surface area contributed by atoms with E-state index in [1.54, 1.807) is 4.90 Å². The van der Waals surface area contributed by atoms with Crippen LogP contribution in [-0.4, -0.2) is 30.7 Å². The van der Waals surface area contributed by atoms with Crippen LogP contribution >= 0.6 is 0 Å². The van der Waals surface area contributed by atoms with Crippen LogP contribution in [-0.2, 0) is 9.59 Å². The van der Waals surface area contributed by atoms with Crippen molar-refractivity contribution in [2.24, 2.45) is 29.6 Å². The maximum absolute atomic E-state index is 11.9. The van der Waals surface area contributed by atoms with Gasteiger partial charge in [-0.1, -0.05) is 0 Å². The highest BCUT2D eigenvalue weighted by Crippen LogP contribution is 2.64. The van der Waals surface area contributed by atoms with Crippen molar-refractivity contribution in [2.75, 3.05) is 14.1 Å². The Labute approximate surface area is 83.5 Å². The van der Waals surface area contributed by atoms with Gasteiger partial charge in [0.2, 0.25) is 5.91 Å². The molecule has 3 heteroatoms. The molecule has 0 aliphatic heterocycles. The molecule has 0 heterocycles. The number of amides is 1. The molecule has 4 atom stereocenters. The summed E-state index contributed by atoms with van der Waals surface area (Å²) in [7, 11) is 3.63. The van der Waals surface area contributed by atoms with Crippen molar-refractivity contribution in [1.82, 2.24) is 4.90 Å². The smallest absolute Gasteiger partial charge is 0.225 e. The van der Waals surface area contributed by atoms with Gasteiger partial charge in [-0.3, -0.25) is 9.59 Å². The Bertz CT molecular complexity index is 303. The highest BCUT2D eigenvalue weighted by molar-refractivity contribution is 5.94. The third-order valence-electron chi connectivity index (χ3n) is 4.47. The van der Waals surface area contributed by atoms with Crippen LogP contribution in [0.2, 0.25) is 0 Å². The fourth-order valence-electron chi connectivity index (χ4n) is 3.97. The molecule has 4 fully saturated rings. The fourth-order valence-corrected chi connectivity index (χ4v) is 3.97. The van der Waals surface area contributed by atoms with Crippen LogP contribution in [0, 0.1) is 29.6 Å². The topological polar surface area (TPSA) is 37.4 Å². The lowest BCUT2D eigenvalue weighted by atomic mass is 9.87. The maximum atomic E-state index is 11.9. The number of Topliss-reactive ketones (excluding diaryl/α,β-unsaturated/α-hetero) is 1. The predicted octanol–water partition coefficient (Wildman–Crippen LogP) is 0.546. The lowest BCUT2D eigenvalue weighted by Crippen LogP contribution is -2.35. The van der Waals surface area contributed by atoms with Gasteiger partial charge in [-0.25, -0.2) is 0 Å². The number of rotatable bonds is 1. The molecule has 4 saturated carbocycles. The number of carbonyl (C=O) groups excluding carboxylic acids is 2. The summed E-state index contributed by atoms with van der Waals surface area (Å²) in [5.74, 6) is 2.18. The summed E-state index contributed by atoms with van der Waals surface area (Å²) >= 11 is 0. The fraction of sp³-hybridized carbons (Fsp3) is 0.818. The second-order valence-electron chi connectivity index (χ2n) is 5.17. The van der Waals surface area contributed by atoms with Crippen LogP contribution in [0.25, 0.3) is 0 Å². The molecule has 4 bridgehead atoms. The van der Waals surface area contributed by atoms with Crippen molar-refractivity contribution < 1.29 is 9.59 Å². The molecule has 0 aromatic carbocycles. The van der Waals surface area contributed by atoms with Gasteiger partial charge in [-0.15, -0.1) is 0 Å². The first kappa shape index (κ1) is 8.45. The van der Waals surface area contributed by atoms with Crippen molar-refractivity contribution in [2.45, 2.75) is 12.8 Å². The van der Waals surface area contributed by atoms with Gasteiger partial charge in [0.05, 0.1) is 0 Å². The number of hydrogen-bond donors (Lipinski definition) is 0. The van der Waals surface area contributed by atoms with E-state index in [0.717, 1.165) is 12.8 Å². The molecule has 4 unspecified atom stereocenters. The van der Waals surface area contributed by atoms with E-state index in [9.17, 15) is 9.59 Å². The number of ketones is 1. The molecule has 0 aromatic rings. The number of hydrogen-bond acceptors (Lipinski definition) is 2. The Morgan fingerprint density at radius 2 is 1.71 bits per heavy atom. The first-order chi connectivity index (χ1) is 6.61. The minimum absolute atomic E-state index is 0.178. The molecule has 14 heavy (non-hydrogen) atoms. The van der Waals surface area contributed by atoms with Gasteiger partial charge in [0.15, 0.2) is 0 Å². The lowest BCUT2D eigenvalue weighted by Gasteiger charge is -2.23. The molecule has 3 nitrogen and oxygen atoms in total. The molecular formula is C11H15NO2. The predicted molar refractivity (Wildman–Crippen MR) is 50.4 cm³/mol. The van der Waals surface area contributed by atoms with Crippen molar-refractivity contribution in [3.63, 3.8) is 0 Å². The van der Waals surface area contributed by atoms with E-state index in [0.29, 0.717) is 17.6 Å². The van der Waals surface area contributed by atoms with Crippen molar-refractivity contribution >= 4 is 11.7 Å². The average molecular weight is 193 g/mol. The highest BCUT2D eigenvalue weighted by Gasteiger charge is 2.66. The van der Waals surface area contributed by atoms with Gasteiger partial charge >= 0.3 is 0 Å². The van der Waals surface area contributed by atoms with Gasteiger partial charge in [0.1, 0.15) is 5.78 Å². The summed E-state index contributed by atoms with van der Waals surface area (Å²) in [5.41, 5.74) is 0. The molecule has 0 saturated heterocycles. The third-order valence-corrected chi connectivity index (χ3v) is 4.47. The van der Waals surface area contributed by atoms with Gasteiger partial charge < -0.3 is 4.90 Å². The summed E-state index contributed by atoms with van der Waals surface area (Å²) in [6.45, 7) is 0. The van der Waals surface area contributed by atoms with Gasteiger partial charge in [-0.2, -0.15) is 0 Å². The Hall–Kier alpha value is -0.860. The monoisotopic (exact) mass is 193 g/mol. The third kappa shape index (κ3) is 0.748. The van der Waals surface area contributed by atoms with Gasteiger partial charge in [0, 0.05) is 31.8 Å². The zero-order valence-corrected chi connectivity index (χ0v) is 8.56. The van der Waals surface area contributed by atoms with Crippen LogP contribution in [0.4, 0.5) is 0 Å². The highest BCUT2D eigenvalue weighted by atomic mass is 16.2. The van der Waals surface area contributed by atoms with E-state index in [2.05, 4.69) is 0 Å². The first-order valence-corrected chi connectivity index (χ1v) is 5.36. The van der Waals surface area contributed by atoms with Crippen molar-refractivity contribution in [1.29, 1.82) is 0 Å². The van der Waals surface area contributed by atoms with Crippen LogP contribution in [0.1, 0.15) is 12.8 Å². The van der Waals surface area contributed by atoms with Crippen molar-refractivity contribution in [3.05, 3.63) is 0 Å². The van der Waals surface area contributed by atoms with Crippen LogP contribution < -0.4 is 0 Å². The molecule has 0 radical (unpaired) electrons. The van der Waals surface area contributed by atoms with Gasteiger partial charge in [-0.05, 0) is 24.7 Å². The van der Waals surface area contributed by atoms with Crippen LogP contribution in [0.15, 0.2) is 0 Å². The molecule has 4 aliphatic rings. The largest absolute Gasteiger partial charge is 0.349 e. The molecule has 4 rings (SSSR count). The summed E-state index contributed by atoms with van der Waals surface area (Å²) in [4.78, 5) is 25.2. The van der Waals surface area contributed by atoms with E-state index in [1.165, 1.54) is 0 Å². The van der Waals surface area contributed by atoms with Crippen LogP contribution in [0.3, 0.4) is 0 Å². The quantitative estimate of drug-likeness (QED) is 0.609. The molecule has 76 valence electrons. The minimum Gasteiger partial charge on any atom is -0.349 e. The SMILES string of the molecule is CN(C)C(=O)C1C2CC3C(=O)C2CC31. The Kier molecular flexibility index (Phi) is 1.44. The van der Waals surface area contributed by atoms with Crippen molar-refractivity contribution in [3.8, 4) is 0 Å². The zero-order valence-electron chi connectivity index (χ0n) is 8.56. The van der Waals surface area contributed by atoms with E-state index < -0.39 is 0 Å². The van der Waals surface area contributed by atoms with E-state index in [1.807, 2.05) is 14.1 Å². The molecule has 0 spiro atoms. The summed E-state index contributed by atoms with van der Waals surface area (Å²) in [5, 5.41) is 0. The number of carbonyl (C=O) groups is 2. The number of nitrogens with zero attached hydrogens (tertiary/aromatic N) is 1. The summed E-state index contributed by atoms with van der Waals surface area (Å²) < 4.78 is 0. The average Bonchev–Trinajstić information content (AvgIpc) is 2.81. The molecule has 0 aromatic heterocycles. The Morgan fingerprint density at radius 1 is 1.21 bits per heavy atom. The van der Waals surface area contributed by atoms with E-state index in [4.69, 9.17) is 0 Å². The summed E-state index contributed by atoms with van der Waals surface area (Å²) in [6, 6.07) is 0. The van der Waals surface area contributed by atoms with E-state index in [-0.39, 0.29) is 23.7 Å². The standard InChI is InChI=1S/C11H15NO2/c1-12(2)11(14)9-5-3-7-6(9)4-8(5)10(7)13/h5-9H,3-4H2,1-2H3. The second kappa shape index (κ2) is 2.38. The summed E-state index contributed by atoms with van der Waals surface area (Å²) in [6.07, 6.45) is 2.00. The minimum atomic E-state index is 0.178. The first-order valence-electron chi connectivity index (χ1n) is 5.36. The maximum Gasteiger partial charge on any atom is 0.225 e. The van der Waals surface area contributed by atoms with Crippen LogP contribution in [0.5, 0.6) is 0 Å². The Balaban J connectivity index is 1.89. The molecule has 4 aliphatic carbocycles. The normalized spacial score (nSPS) is 47.9. The molecule has 0 N–H and O–H groups in total. The van der Waals surface area contributed by atoms with Gasteiger partial charge in [0.25, 0.3) is 0 Å². The second-order valence-corrected chi connectivity index (χ2v) is 5.17. The van der Waals surface area contributed by atoms with E-state index >= 15 is 0 Å². The lowest BCUT2D eigenvalue weighted by molar-refractivity contribution is -0.136.